The molecule has 6 nitrogen and oxygen atoms in total. The van der Waals surface area contributed by atoms with Crippen molar-refractivity contribution in [2.75, 3.05) is 11.1 Å². The third-order valence-corrected chi connectivity index (χ3v) is 3.08. The fourth-order valence-electron chi connectivity index (χ4n) is 1.95. The Labute approximate surface area is 133 Å². The Morgan fingerprint density at radius 2 is 1.87 bits per heavy atom. The Morgan fingerprint density at radius 1 is 1.13 bits per heavy atom. The number of carbonyl (C=O) groups is 2. The molecule has 23 heavy (non-hydrogen) atoms. The summed E-state index contributed by atoms with van der Waals surface area (Å²) in [6, 6.07) is 15.5. The fraction of sp³-hybridized carbons (Fsp3) is 0.118. The van der Waals surface area contributed by atoms with Gasteiger partial charge in [0.15, 0.2) is 0 Å². The highest BCUT2D eigenvalue weighted by Gasteiger charge is 2.06. The number of benzene rings is 2. The van der Waals surface area contributed by atoms with E-state index in [1.807, 2.05) is 6.07 Å². The second-order valence-electron chi connectivity index (χ2n) is 4.89. The summed E-state index contributed by atoms with van der Waals surface area (Å²) in [5, 5.41) is 13.9. The van der Waals surface area contributed by atoms with Gasteiger partial charge in [-0.25, -0.2) is 0 Å². The van der Waals surface area contributed by atoms with Crippen molar-refractivity contribution in [2.45, 2.75) is 13.0 Å². The van der Waals surface area contributed by atoms with E-state index in [0.29, 0.717) is 23.5 Å². The zero-order chi connectivity index (χ0) is 16.7. The number of nitrogens with two attached hydrogens (primary N) is 1. The van der Waals surface area contributed by atoms with Gasteiger partial charge in [0.25, 0.3) is 5.91 Å². The standard InChI is InChI=1S/C17H16N4O2/c18-9-8-16(22)21-15-3-1-2-12(10-15)11-20-17(23)13-4-6-14(19)7-5-13/h1-7,10H,8,11,19H2,(H,20,23)(H,21,22). The Bertz CT molecular complexity index is 748. The summed E-state index contributed by atoms with van der Waals surface area (Å²) < 4.78 is 0. The summed E-state index contributed by atoms with van der Waals surface area (Å²) in [4.78, 5) is 23.4. The first-order valence-corrected chi connectivity index (χ1v) is 6.98. The number of nitriles is 1. The molecule has 0 aliphatic carbocycles. The lowest BCUT2D eigenvalue weighted by molar-refractivity contribution is -0.115. The van der Waals surface area contributed by atoms with Crippen molar-refractivity contribution < 1.29 is 9.59 Å². The normalized spacial score (nSPS) is 9.70. The molecule has 0 radical (unpaired) electrons. The molecule has 6 heteroatoms. The quantitative estimate of drug-likeness (QED) is 0.734. The average molecular weight is 308 g/mol. The maximum atomic E-state index is 12.0. The molecule has 0 atom stereocenters. The van der Waals surface area contributed by atoms with E-state index in [0.717, 1.165) is 5.56 Å². The monoisotopic (exact) mass is 308 g/mol. The van der Waals surface area contributed by atoms with Gasteiger partial charge in [-0.15, -0.1) is 0 Å². The molecule has 0 heterocycles. The van der Waals surface area contributed by atoms with Gasteiger partial charge in [-0.05, 0) is 42.0 Å². The summed E-state index contributed by atoms with van der Waals surface area (Å²) in [6.45, 7) is 0.325. The molecule has 2 rings (SSSR count). The van der Waals surface area contributed by atoms with Gasteiger partial charge in [0, 0.05) is 23.5 Å². The highest BCUT2D eigenvalue weighted by atomic mass is 16.2. The first-order valence-electron chi connectivity index (χ1n) is 6.98. The van der Waals surface area contributed by atoms with Crippen LogP contribution in [-0.2, 0) is 11.3 Å². The van der Waals surface area contributed by atoms with Crippen molar-refractivity contribution in [1.29, 1.82) is 5.26 Å². The van der Waals surface area contributed by atoms with Gasteiger partial charge in [0.1, 0.15) is 6.42 Å². The number of hydrogen-bond donors (Lipinski definition) is 3. The molecule has 0 unspecified atom stereocenters. The second-order valence-corrected chi connectivity index (χ2v) is 4.89. The summed E-state index contributed by atoms with van der Waals surface area (Å²) in [5.74, 6) is -0.570. The molecule has 116 valence electrons. The summed E-state index contributed by atoms with van der Waals surface area (Å²) in [6.07, 6.45) is -0.196. The van der Waals surface area contributed by atoms with Crippen LogP contribution in [0.5, 0.6) is 0 Å². The van der Waals surface area contributed by atoms with E-state index >= 15 is 0 Å². The second kappa shape index (κ2) is 7.61. The van der Waals surface area contributed by atoms with Gasteiger partial charge < -0.3 is 16.4 Å². The highest BCUT2D eigenvalue weighted by Crippen LogP contribution is 2.11. The lowest BCUT2D eigenvalue weighted by Crippen LogP contribution is -2.22. The average Bonchev–Trinajstić information content (AvgIpc) is 2.54. The van der Waals surface area contributed by atoms with Gasteiger partial charge in [-0.2, -0.15) is 5.26 Å². The molecule has 4 N–H and O–H groups in total. The van der Waals surface area contributed by atoms with Crippen LogP contribution in [0.1, 0.15) is 22.3 Å². The van der Waals surface area contributed by atoms with E-state index in [2.05, 4.69) is 10.6 Å². The lowest BCUT2D eigenvalue weighted by Gasteiger charge is -2.08. The van der Waals surface area contributed by atoms with Crippen LogP contribution >= 0.6 is 0 Å². The van der Waals surface area contributed by atoms with Crippen LogP contribution in [0.15, 0.2) is 48.5 Å². The van der Waals surface area contributed by atoms with Crippen LogP contribution in [0.4, 0.5) is 11.4 Å². The smallest absolute Gasteiger partial charge is 0.251 e. The minimum atomic E-state index is -0.365. The topological polar surface area (TPSA) is 108 Å². The number of carbonyl (C=O) groups excluding carboxylic acids is 2. The number of nitrogen functional groups attached to an aromatic ring is 1. The van der Waals surface area contributed by atoms with Gasteiger partial charge in [-0.1, -0.05) is 12.1 Å². The third kappa shape index (κ3) is 4.86. The van der Waals surface area contributed by atoms with E-state index in [1.165, 1.54) is 0 Å². The highest BCUT2D eigenvalue weighted by molar-refractivity contribution is 5.94. The molecule has 0 aliphatic heterocycles. The van der Waals surface area contributed by atoms with E-state index < -0.39 is 0 Å². The minimum Gasteiger partial charge on any atom is -0.399 e. The van der Waals surface area contributed by atoms with Crippen LogP contribution < -0.4 is 16.4 Å². The van der Waals surface area contributed by atoms with E-state index in [9.17, 15) is 9.59 Å². The molecule has 0 fully saturated rings. The third-order valence-electron chi connectivity index (χ3n) is 3.08. The number of nitrogens with one attached hydrogen (secondary N) is 2. The first kappa shape index (κ1) is 16.0. The van der Waals surface area contributed by atoms with E-state index in [1.54, 1.807) is 48.5 Å². The summed E-state index contributed by atoms with van der Waals surface area (Å²) in [5.41, 5.74) is 8.13. The van der Waals surface area contributed by atoms with Crippen LogP contribution in [0, 0.1) is 11.3 Å². The maximum Gasteiger partial charge on any atom is 0.251 e. The molecular formula is C17H16N4O2. The first-order chi connectivity index (χ1) is 11.1. The summed E-state index contributed by atoms with van der Waals surface area (Å²) in [7, 11) is 0. The van der Waals surface area contributed by atoms with Crippen molar-refractivity contribution in [1.82, 2.24) is 5.32 Å². The molecule has 0 saturated heterocycles. The maximum absolute atomic E-state index is 12.0. The van der Waals surface area contributed by atoms with E-state index in [4.69, 9.17) is 11.0 Å². The molecule has 0 bridgehead atoms. The molecule has 2 amide bonds. The number of amides is 2. The van der Waals surface area contributed by atoms with Crippen LogP contribution in [-0.4, -0.2) is 11.8 Å². The summed E-state index contributed by atoms with van der Waals surface area (Å²) >= 11 is 0. The predicted molar refractivity (Wildman–Crippen MR) is 87.3 cm³/mol. The van der Waals surface area contributed by atoms with Gasteiger partial charge in [0.05, 0.1) is 6.07 Å². The van der Waals surface area contributed by atoms with Crippen LogP contribution in [0.25, 0.3) is 0 Å². The number of anilines is 2. The Kier molecular flexibility index (Phi) is 5.31. The van der Waals surface area contributed by atoms with Crippen LogP contribution in [0.2, 0.25) is 0 Å². The number of rotatable bonds is 5. The SMILES string of the molecule is N#CCC(=O)Nc1cccc(CNC(=O)c2ccc(N)cc2)c1. The zero-order valence-corrected chi connectivity index (χ0v) is 12.4. The van der Waals surface area contributed by atoms with Gasteiger partial charge >= 0.3 is 0 Å². The van der Waals surface area contributed by atoms with Crippen molar-refractivity contribution in [3.05, 3.63) is 59.7 Å². The zero-order valence-electron chi connectivity index (χ0n) is 12.4. The van der Waals surface area contributed by atoms with E-state index in [-0.39, 0.29) is 18.2 Å². The Hall–Kier alpha value is -3.33. The van der Waals surface area contributed by atoms with Gasteiger partial charge in [-0.3, -0.25) is 9.59 Å². The number of hydrogen-bond acceptors (Lipinski definition) is 4. The largest absolute Gasteiger partial charge is 0.399 e. The molecule has 0 saturated carbocycles. The molecule has 0 aliphatic rings. The Morgan fingerprint density at radius 3 is 2.57 bits per heavy atom. The molecular weight excluding hydrogens is 292 g/mol. The van der Waals surface area contributed by atoms with Crippen molar-refractivity contribution in [3.8, 4) is 6.07 Å². The minimum absolute atomic E-state index is 0.196. The molecule has 2 aromatic carbocycles. The van der Waals surface area contributed by atoms with Crippen molar-refractivity contribution in [2.24, 2.45) is 0 Å². The number of nitrogens with zero attached hydrogens (tertiary/aromatic N) is 1. The lowest BCUT2D eigenvalue weighted by atomic mass is 10.1. The van der Waals surface area contributed by atoms with Crippen LogP contribution in [0.3, 0.4) is 0 Å². The molecule has 2 aromatic rings. The molecule has 0 spiro atoms. The van der Waals surface area contributed by atoms with Crippen molar-refractivity contribution >= 4 is 23.2 Å². The Balaban J connectivity index is 1.95. The fourth-order valence-corrected chi connectivity index (χ4v) is 1.95. The van der Waals surface area contributed by atoms with Crippen molar-refractivity contribution in [3.63, 3.8) is 0 Å². The predicted octanol–water partition coefficient (Wildman–Crippen LogP) is 2.05. The molecule has 0 aromatic heterocycles. The van der Waals surface area contributed by atoms with Gasteiger partial charge in [0.2, 0.25) is 5.91 Å².